The predicted molar refractivity (Wildman–Crippen MR) is 73.6 cm³/mol. The van der Waals surface area contributed by atoms with E-state index in [1.54, 1.807) is 19.1 Å². The molecule has 0 spiro atoms. The molecule has 0 aromatic heterocycles. The summed E-state index contributed by atoms with van der Waals surface area (Å²) in [6.07, 6.45) is -1.52. The van der Waals surface area contributed by atoms with E-state index in [4.69, 9.17) is 4.74 Å². The molecule has 1 aromatic carbocycles. The largest absolute Gasteiger partial charge is 0.489 e. The minimum Gasteiger partial charge on any atom is -0.489 e. The average Bonchev–Trinajstić information content (AvgIpc) is 2.39. The van der Waals surface area contributed by atoms with Gasteiger partial charge in [0.1, 0.15) is 12.4 Å². The Hall–Kier alpha value is -2.04. The lowest BCUT2D eigenvalue weighted by atomic mass is 9.94. The molecule has 0 N–H and O–H groups in total. The van der Waals surface area contributed by atoms with Crippen molar-refractivity contribution in [2.24, 2.45) is 0 Å². The Balaban J connectivity index is 2.52. The molecule has 0 radical (unpaired) electrons. The molecule has 112 valence electrons. The van der Waals surface area contributed by atoms with Crippen molar-refractivity contribution in [2.75, 3.05) is 6.61 Å². The molecular weight excluding hydrogens is 281 g/mol. The maximum atomic E-state index is 12.9. The van der Waals surface area contributed by atoms with Crippen LogP contribution in [0.1, 0.15) is 27.9 Å². The van der Waals surface area contributed by atoms with Crippen LogP contribution < -0.4 is 4.74 Å². The van der Waals surface area contributed by atoms with Gasteiger partial charge in [-0.05, 0) is 37.1 Å². The van der Waals surface area contributed by atoms with Gasteiger partial charge in [-0.15, -0.1) is 0 Å². The van der Waals surface area contributed by atoms with Gasteiger partial charge in [-0.1, -0.05) is 18.2 Å². The van der Waals surface area contributed by atoms with E-state index in [9.17, 15) is 18.0 Å². The quantitative estimate of drug-likeness (QED) is 0.713. The SMILES string of the molecule is Cc1ccc2c(c1C)C(=O)C/C(C(F)(F)F)=C\C=C/CO2. The number of halogens is 3. The first-order chi connectivity index (χ1) is 9.80. The van der Waals surface area contributed by atoms with Crippen LogP contribution in [0.3, 0.4) is 0 Å². The van der Waals surface area contributed by atoms with Crippen molar-refractivity contribution in [3.05, 3.63) is 52.6 Å². The number of allylic oxidation sites excluding steroid dienone is 3. The zero-order valence-electron chi connectivity index (χ0n) is 11.8. The summed E-state index contributed by atoms with van der Waals surface area (Å²) < 4.78 is 44.3. The fourth-order valence-electron chi connectivity index (χ4n) is 2.15. The van der Waals surface area contributed by atoms with Crippen LogP contribution in [0, 0.1) is 13.8 Å². The van der Waals surface area contributed by atoms with E-state index in [1.807, 2.05) is 6.92 Å². The number of carbonyl (C=O) groups is 1. The van der Waals surface area contributed by atoms with Crippen molar-refractivity contribution in [2.45, 2.75) is 26.4 Å². The van der Waals surface area contributed by atoms with Crippen molar-refractivity contribution < 1.29 is 22.7 Å². The third-order valence-corrected chi connectivity index (χ3v) is 3.46. The highest BCUT2D eigenvalue weighted by Gasteiger charge is 2.35. The highest BCUT2D eigenvalue weighted by Crippen LogP contribution is 2.33. The van der Waals surface area contributed by atoms with Gasteiger partial charge in [0, 0.05) is 12.0 Å². The molecule has 0 saturated carbocycles. The van der Waals surface area contributed by atoms with Gasteiger partial charge in [-0.3, -0.25) is 4.79 Å². The van der Waals surface area contributed by atoms with Crippen LogP contribution in [0.25, 0.3) is 0 Å². The minimum absolute atomic E-state index is 0.115. The first-order valence-electron chi connectivity index (χ1n) is 6.50. The molecule has 0 fully saturated rings. The molecule has 0 unspecified atom stereocenters. The standard InChI is InChI=1S/C16H15F3O2/c1-10-6-7-14-15(11(10)2)13(20)9-12(16(17,18)19)5-3-4-8-21-14/h3-7H,8-9H2,1-2H3/b4-3-,12-5+. The van der Waals surface area contributed by atoms with Gasteiger partial charge >= 0.3 is 6.18 Å². The van der Waals surface area contributed by atoms with Crippen LogP contribution >= 0.6 is 0 Å². The summed E-state index contributed by atoms with van der Waals surface area (Å²) in [6, 6.07) is 3.42. The monoisotopic (exact) mass is 296 g/mol. The Bertz CT molecular complexity index is 625. The molecule has 1 aliphatic rings. The summed E-state index contributed by atoms with van der Waals surface area (Å²) in [5.74, 6) is -0.249. The molecule has 0 saturated heterocycles. The van der Waals surface area contributed by atoms with Gasteiger partial charge in [0.2, 0.25) is 0 Å². The summed E-state index contributed by atoms with van der Waals surface area (Å²) in [6.45, 7) is 3.64. The number of alkyl halides is 3. The Morgan fingerprint density at radius 2 is 1.90 bits per heavy atom. The molecule has 2 rings (SSSR count). The fourth-order valence-corrected chi connectivity index (χ4v) is 2.15. The smallest absolute Gasteiger partial charge is 0.413 e. The Morgan fingerprint density at radius 3 is 2.57 bits per heavy atom. The first-order valence-corrected chi connectivity index (χ1v) is 6.50. The lowest BCUT2D eigenvalue weighted by Gasteiger charge is -2.17. The van der Waals surface area contributed by atoms with Crippen LogP contribution in [-0.4, -0.2) is 18.6 Å². The van der Waals surface area contributed by atoms with Crippen LogP contribution in [0.2, 0.25) is 0 Å². The van der Waals surface area contributed by atoms with E-state index in [2.05, 4.69) is 0 Å². The number of fused-ring (bicyclic) bond motifs is 1. The van der Waals surface area contributed by atoms with Gasteiger partial charge in [-0.2, -0.15) is 13.2 Å². The van der Waals surface area contributed by atoms with Gasteiger partial charge < -0.3 is 4.74 Å². The highest BCUT2D eigenvalue weighted by molar-refractivity contribution is 6.01. The van der Waals surface area contributed by atoms with Crippen LogP contribution in [0.4, 0.5) is 13.2 Å². The molecule has 1 heterocycles. The lowest BCUT2D eigenvalue weighted by molar-refractivity contribution is -0.0931. The summed E-state index contributed by atoms with van der Waals surface area (Å²) in [5, 5.41) is 0. The lowest BCUT2D eigenvalue weighted by Crippen LogP contribution is -2.17. The average molecular weight is 296 g/mol. The number of rotatable bonds is 0. The third-order valence-electron chi connectivity index (χ3n) is 3.46. The molecule has 1 aliphatic heterocycles. The number of hydrogen-bond acceptors (Lipinski definition) is 2. The van der Waals surface area contributed by atoms with Gasteiger partial charge in [0.05, 0.1) is 5.56 Å². The predicted octanol–water partition coefficient (Wildman–Crippen LogP) is 4.31. The molecule has 0 atom stereocenters. The van der Waals surface area contributed by atoms with Crippen molar-refractivity contribution in [3.8, 4) is 5.75 Å². The number of aryl methyl sites for hydroxylation is 1. The number of hydrogen-bond donors (Lipinski definition) is 0. The molecule has 1 aromatic rings. The normalized spacial score (nSPS) is 20.0. The Labute approximate surface area is 120 Å². The van der Waals surface area contributed by atoms with Crippen molar-refractivity contribution in [1.29, 1.82) is 0 Å². The van der Waals surface area contributed by atoms with E-state index in [0.29, 0.717) is 11.3 Å². The molecule has 0 aliphatic carbocycles. The first kappa shape index (κ1) is 15.4. The summed E-state index contributed by atoms with van der Waals surface area (Å²) in [4.78, 5) is 12.3. The number of benzene rings is 1. The molecule has 0 bridgehead atoms. The second kappa shape index (κ2) is 5.76. The van der Waals surface area contributed by atoms with Gasteiger partial charge in [0.15, 0.2) is 5.78 Å². The Morgan fingerprint density at radius 1 is 1.19 bits per heavy atom. The summed E-state index contributed by atoms with van der Waals surface area (Å²) in [5.41, 5.74) is 0.886. The zero-order chi connectivity index (χ0) is 15.6. The van der Waals surface area contributed by atoms with Gasteiger partial charge in [0.25, 0.3) is 0 Å². The molecule has 5 heteroatoms. The van der Waals surface area contributed by atoms with Crippen LogP contribution in [0.5, 0.6) is 5.75 Å². The number of ketones is 1. The van der Waals surface area contributed by atoms with Crippen LogP contribution in [0.15, 0.2) is 35.9 Å². The maximum absolute atomic E-state index is 12.9. The second-order valence-corrected chi connectivity index (χ2v) is 4.91. The van der Waals surface area contributed by atoms with E-state index < -0.39 is 24.0 Å². The van der Waals surface area contributed by atoms with E-state index in [0.717, 1.165) is 11.6 Å². The number of Topliss-reactive ketones (excluding diaryl/α,β-unsaturated/α-hetero) is 1. The van der Waals surface area contributed by atoms with E-state index in [-0.39, 0.29) is 12.2 Å². The molecule has 21 heavy (non-hydrogen) atoms. The number of carbonyl (C=O) groups excluding carboxylic acids is 1. The van der Waals surface area contributed by atoms with E-state index in [1.165, 1.54) is 12.2 Å². The Kier molecular flexibility index (Phi) is 4.21. The van der Waals surface area contributed by atoms with Crippen molar-refractivity contribution >= 4 is 5.78 Å². The third kappa shape index (κ3) is 3.35. The molecule has 2 nitrogen and oxygen atoms in total. The fraction of sp³-hybridized carbons (Fsp3) is 0.312. The molecule has 0 amide bonds. The zero-order valence-corrected chi connectivity index (χ0v) is 11.8. The highest BCUT2D eigenvalue weighted by atomic mass is 19.4. The van der Waals surface area contributed by atoms with E-state index >= 15 is 0 Å². The summed E-state index contributed by atoms with van der Waals surface area (Å²) in [7, 11) is 0. The second-order valence-electron chi connectivity index (χ2n) is 4.91. The van der Waals surface area contributed by atoms with Crippen molar-refractivity contribution in [1.82, 2.24) is 0 Å². The maximum Gasteiger partial charge on any atom is 0.413 e. The minimum atomic E-state index is -4.52. The molecular formula is C16H15F3O2. The van der Waals surface area contributed by atoms with Crippen LogP contribution in [-0.2, 0) is 0 Å². The number of ether oxygens (including phenoxy) is 1. The topological polar surface area (TPSA) is 26.3 Å². The summed E-state index contributed by atoms with van der Waals surface area (Å²) >= 11 is 0. The van der Waals surface area contributed by atoms with Crippen molar-refractivity contribution in [3.63, 3.8) is 0 Å². The van der Waals surface area contributed by atoms with Gasteiger partial charge in [-0.25, -0.2) is 0 Å².